The molecule has 2 aromatic rings. The third-order valence-corrected chi connectivity index (χ3v) is 6.05. The lowest BCUT2D eigenvalue weighted by Gasteiger charge is -2.38. The molecule has 3 heterocycles. The Morgan fingerprint density at radius 3 is 2.38 bits per heavy atom. The predicted octanol–water partition coefficient (Wildman–Crippen LogP) is 1.28. The summed E-state index contributed by atoms with van der Waals surface area (Å²) in [4.78, 5) is 31.8. The summed E-state index contributed by atoms with van der Waals surface area (Å²) >= 11 is 0. The van der Waals surface area contributed by atoms with Gasteiger partial charge >= 0.3 is 0 Å². The molecule has 2 fully saturated rings. The largest absolute Gasteiger partial charge is 0.370 e. The van der Waals surface area contributed by atoms with Crippen LogP contribution in [0.5, 0.6) is 0 Å². The van der Waals surface area contributed by atoms with Crippen molar-refractivity contribution in [3.8, 4) is 0 Å². The monoisotopic (exact) mass is 395 g/mol. The fourth-order valence-corrected chi connectivity index (χ4v) is 4.14. The molecule has 154 valence electrons. The van der Waals surface area contributed by atoms with Crippen LogP contribution >= 0.6 is 0 Å². The van der Waals surface area contributed by atoms with Crippen molar-refractivity contribution in [3.63, 3.8) is 0 Å². The number of piperazine rings is 1. The van der Waals surface area contributed by atoms with Crippen LogP contribution in [0.15, 0.2) is 47.4 Å². The van der Waals surface area contributed by atoms with Gasteiger partial charge in [0.05, 0.1) is 18.4 Å². The Bertz CT molecular complexity index is 882. The van der Waals surface area contributed by atoms with E-state index in [-0.39, 0.29) is 11.5 Å². The van der Waals surface area contributed by atoms with E-state index in [1.165, 1.54) is 4.68 Å². The van der Waals surface area contributed by atoms with E-state index in [0.29, 0.717) is 12.5 Å². The summed E-state index contributed by atoms with van der Waals surface area (Å²) < 4.78 is 1.49. The Morgan fingerprint density at radius 1 is 1.03 bits per heavy atom. The maximum atomic E-state index is 12.8. The number of anilines is 1. The lowest BCUT2D eigenvalue weighted by molar-refractivity contribution is -0.137. The number of piperidine rings is 1. The number of hydrogen-bond donors (Lipinski definition) is 0. The Labute approximate surface area is 171 Å². The predicted molar refractivity (Wildman–Crippen MR) is 113 cm³/mol. The SMILES string of the molecule is CN1CCN(C(=O)C2CCN(c3cnn(Cc4ccccc4)c(=O)c3)CC2)CC1. The quantitative estimate of drug-likeness (QED) is 0.781. The standard InChI is InChI=1S/C22H29N5O2/c1-24-11-13-26(14-12-24)22(29)19-7-9-25(10-8-19)20-15-21(28)27(23-16-20)17-18-5-3-2-4-6-18/h2-6,15-16,19H,7-14,17H2,1H3. The Kier molecular flexibility index (Phi) is 5.94. The smallest absolute Gasteiger partial charge is 0.269 e. The van der Waals surface area contributed by atoms with Crippen LogP contribution < -0.4 is 10.5 Å². The zero-order valence-corrected chi connectivity index (χ0v) is 17.0. The van der Waals surface area contributed by atoms with Gasteiger partial charge < -0.3 is 14.7 Å². The van der Waals surface area contributed by atoms with Crippen molar-refractivity contribution < 1.29 is 4.79 Å². The maximum absolute atomic E-state index is 12.8. The van der Waals surface area contributed by atoms with Crippen LogP contribution in [0.3, 0.4) is 0 Å². The number of hydrogen-bond acceptors (Lipinski definition) is 5. The molecule has 0 spiro atoms. The third-order valence-electron chi connectivity index (χ3n) is 6.05. The van der Waals surface area contributed by atoms with Gasteiger partial charge in [0, 0.05) is 51.3 Å². The summed E-state index contributed by atoms with van der Waals surface area (Å²) in [5.74, 6) is 0.398. The number of aromatic nitrogens is 2. The van der Waals surface area contributed by atoms with Gasteiger partial charge in [0.1, 0.15) is 0 Å². The number of carbonyl (C=O) groups is 1. The van der Waals surface area contributed by atoms with E-state index >= 15 is 0 Å². The van der Waals surface area contributed by atoms with Crippen LogP contribution in [-0.2, 0) is 11.3 Å². The molecule has 2 aliphatic rings. The highest BCUT2D eigenvalue weighted by Crippen LogP contribution is 2.24. The van der Waals surface area contributed by atoms with E-state index in [9.17, 15) is 9.59 Å². The highest BCUT2D eigenvalue weighted by Gasteiger charge is 2.30. The Morgan fingerprint density at radius 2 is 1.72 bits per heavy atom. The first kappa shape index (κ1) is 19.6. The van der Waals surface area contributed by atoms with Gasteiger partial charge in [-0.1, -0.05) is 30.3 Å². The van der Waals surface area contributed by atoms with Crippen LogP contribution in [0, 0.1) is 5.92 Å². The lowest BCUT2D eigenvalue weighted by Crippen LogP contribution is -2.50. The number of rotatable bonds is 4. The molecule has 1 aromatic heterocycles. The van der Waals surface area contributed by atoms with E-state index in [1.807, 2.05) is 35.2 Å². The lowest BCUT2D eigenvalue weighted by atomic mass is 9.94. The minimum absolute atomic E-state index is 0.0954. The van der Waals surface area contributed by atoms with Gasteiger partial charge in [-0.2, -0.15) is 5.10 Å². The molecule has 7 heteroatoms. The molecule has 0 radical (unpaired) electrons. The van der Waals surface area contributed by atoms with E-state index in [4.69, 9.17) is 0 Å². The van der Waals surface area contributed by atoms with Crippen LogP contribution in [0.2, 0.25) is 0 Å². The number of amides is 1. The average molecular weight is 396 g/mol. The zero-order valence-electron chi connectivity index (χ0n) is 17.0. The maximum Gasteiger partial charge on any atom is 0.269 e. The molecule has 2 saturated heterocycles. The molecule has 1 aromatic carbocycles. The van der Waals surface area contributed by atoms with Gasteiger partial charge in [-0.25, -0.2) is 4.68 Å². The van der Waals surface area contributed by atoms with Crippen molar-refractivity contribution in [1.29, 1.82) is 0 Å². The second kappa shape index (κ2) is 8.78. The van der Waals surface area contributed by atoms with Crippen molar-refractivity contribution in [1.82, 2.24) is 19.6 Å². The Hall–Kier alpha value is -2.67. The topological polar surface area (TPSA) is 61.7 Å². The van der Waals surface area contributed by atoms with E-state index in [0.717, 1.165) is 63.4 Å². The van der Waals surface area contributed by atoms with Gasteiger partial charge in [-0.05, 0) is 25.5 Å². The van der Waals surface area contributed by atoms with Crippen molar-refractivity contribution in [2.75, 3.05) is 51.2 Å². The molecule has 0 unspecified atom stereocenters. The molecule has 0 bridgehead atoms. The zero-order chi connectivity index (χ0) is 20.2. The Balaban J connectivity index is 1.34. The van der Waals surface area contributed by atoms with Gasteiger partial charge in [0.2, 0.25) is 5.91 Å². The molecule has 2 aliphatic heterocycles. The van der Waals surface area contributed by atoms with Gasteiger partial charge in [0.15, 0.2) is 0 Å². The fraction of sp³-hybridized carbons (Fsp3) is 0.500. The molecule has 29 heavy (non-hydrogen) atoms. The first-order valence-electron chi connectivity index (χ1n) is 10.4. The molecule has 4 rings (SSSR count). The second-order valence-corrected chi connectivity index (χ2v) is 8.09. The van der Waals surface area contributed by atoms with E-state index in [1.54, 1.807) is 12.3 Å². The minimum atomic E-state index is -0.0954. The molecule has 0 atom stereocenters. The van der Waals surface area contributed by atoms with Crippen molar-refractivity contribution >= 4 is 11.6 Å². The second-order valence-electron chi connectivity index (χ2n) is 8.09. The summed E-state index contributed by atoms with van der Waals surface area (Å²) in [6.45, 7) is 5.62. The van der Waals surface area contributed by atoms with Gasteiger partial charge in [0.25, 0.3) is 5.56 Å². The first-order chi connectivity index (χ1) is 14.1. The van der Waals surface area contributed by atoms with Gasteiger partial charge in [-0.3, -0.25) is 9.59 Å². The molecule has 0 N–H and O–H groups in total. The average Bonchev–Trinajstić information content (AvgIpc) is 2.76. The highest BCUT2D eigenvalue weighted by atomic mass is 16.2. The van der Waals surface area contributed by atoms with Crippen LogP contribution in [0.25, 0.3) is 0 Å². The summed E-state index contributed by atoms with van der Waals surface area (Å²) in [7, 11) is 2.10. The normalized spacial score (nSPS) is 18.8. The number of carbonyl (C=O) groups excluding carboxylic acids is 1. The van der Waals surface area contributed by atoms with Crippen LogP contribution in [-0.4, -0.2) is 71.8 Å². The number of likely N-dealkylation sites (N-methyl/N-ethyl adjacent to an activating group) is 1. The molecular formula is C22H29N5O2. The molecule has 0 saturated carbocycles. The van der Waals surface area contributed by atoms with Gasteiger partial charge in [-0.15, -0.1) is 0 Å². The molecule has 0 aliphatic carbocycles. The van der Waals surface area contributed by atoms with Crippen LogP contribution in [0.1, 0.15) is 18.4 Å². The highest BCUT2D eigenvalue weighted by molar-refractivity contribution is 5.79. The van der Waals surface area contributed by atoms with Crippen LogP contribution in [0.4, 0.5) is 5.69 Å². The molecule has 7 nitrogen and oxygen atoms in total. The summed E-state index contributed by atoms with van der Waals surface area (Å²) in [6, 6.07) is 11.5. The molecule has 1 amide bonds. The van der Waals surface area contributed by atoms with Crippen molar-refractivity contribution in [3.05, 3.63) is 58.5 Å². The van der Waals surface area contributed by atoms with E-state index in [2.05, 4.69) is 21.9 Å². The number of nitrogens with zero attached hydrogens (tertiary/aromatic N) is 5. The summed E-state index contributed by atoms with van der Waals surface area (Å²) in [6.07, 6.45) is 3.43. The summed E-state index contributed by atoms with van der Waals surface area (Å²) in [5, 5.41) is 4.37. The third kappa shape index (κ3) is 4.67. The first-order valence-corrected chi connectivity index (χ1v) is 10.4. The fourth-order valence-electron chi connectivity index (χ4n) is 4.14. The molecular weight excluding hydrogens is 366 g/mol. The van der Waals surface area contributed by atoms with Crippen molar-refractivity contribution in [2.45, 2.75) is 19.4 Å². The summed E-state index contributed by atoms with van der Waals surface area (Å²) in [5.41, 5.74) is 1.81. The van der Waals surface area contributed by atoms with E-state index < -0.39 is 0 Å². The van der Waals surface area contributed by atoms with Crippen molar-refractivity contribution in [2.24, 2.45) is 5.92 Å². The number of benzene rings is 1. The minimum Gasteiger partial charge on any atom is -0.370 e.